The highest BCUT2D eigenvalue weighted by molar-refractivity contribution is 5.85. The summed E-state index contributed by atoms with van der Waals surface area (Å²) in [6.07, 6.45) is 0.518. The van der Waals surface area contributed by atoms with Crippen molar-refractivity contribution >= 4 is 18.3 Å². The fraction of sp³-hybridized carbons (Fsp3) is 0.900. The van der Waals surface area contributed by atoms with E-state index in [1.807, 2.05) is 7.05 Å². The Morgan fingerprint density at radius 1 is 1.19 bits per heavy atom. The molecular weight excluding hydrogens is 232 g/mol. The van der Waals surface area contributed by atoms with Gasteiger partial charge in [-0.15, -0.1) is 12.4 Å². The van der Waals surface area contributed by atoms with Gasteiger partial charge in [0.15, 0.2) is 0 Å². The number of amides is 1. The van der Waals surface area contributed by atoms with Crippen LogP contribution in [0.15, 0.2) is 0 Å². The average molecular weight is 255 g/mol. The largest absolute Gasteiger partial charge is 0.383 e. The van der Waals surface area contributed by atoms with Gasteiger partial charge in [-0.1, -0.05) is 0 Å². The summed E-state index contributed by atoms with van der Waals surface area (Å²) in [5.41, 5.74) is 0. The quantitative estimate of drug-likeness (QED) is 0.636. The fourth-order valence-electron chi connectivity index (χ4n) is 1.15. The summed E-state index contributed by atoms with van der Waals surface area (Å²) >= 11 is 0. The predicted octanol–water partition coefficient (Wildman–Crippen LogP) is 0.139. The molecule has 1 amide bonds. The maximum atomic E-state index is 11.7. The summed E-state index contributed by atoms with van der Waals surface area (Å²) < 4.78 is 9.91. The van der Waals surface area contributed by atoms with Crippen LogP contribution in [0.4, 0.5) is 0 Å². The molecule has 5 nitrogen and oxygen atoms in total. The standard InChI is InChI=1S/C10H22N2O3.ClH/c1-11-5-4-10(13)12(6-8-14-2)7-9-15-3;/h11H,4-9H2,1-3H3;1H. The Bertz CT molecular complexity index is 162. The van der Waals surface area contributed by atoms with E-state index in [1.165, 1.54) is 0 Å². The molecule has 16 heavy (non-hydrogen) atoms. The van der Waals surface area contributed by atoms with Crippen LogP contribution >= 0.6 is 12.4 Å². The summed E-state index contributed by atoms with van der Waals surface area (Å²) in [4.78, 5) is 13.5. The lowest BCUT2D eigenvalue weighted by Crippen LogP contribution is -2.37. The number of carbonyl (C=O) groups is 1. The topological polar surface area (TPSA) is 50.8 Å². The first-order chi connectivity index (χ1) is 7.26. The van der Waals surface area contributed by atoms with Crippen molar-refractivity contribution < 1.29 is 14.3 Å². The Kier molecular flexibility index (Phi) is 14.3. The molecule has 0 aromatic heterocycles. The molecule has 0 rings (SSSR count). The monoisotopic (exact) mass is 254 g/mol. The Labute approximate surface area is 104 Å². The van der Waals surface area contributed by atoms with Crippen molar-refractivity contribution in [1.29, 1.82) is 0 Å². The molecule has 0 aromatic rings. The molecule has 0 aliphatic rings. The second kappa shape index (κ2) is 12.7. The van der Waals surface area contributed by atoms with E-state index in [4.69, 9.17) is 9.47 Å². The number of carbonyl (C=O) groups excluding carboxylic acids is 1. The Morgan fingerprint density at radius 3 is 2.06 bits per heavy atom. The maximum absolute atomic E-state index is 11.7. The van der Waals surface area contributed by atoms with Crippen molar-refractivity contribution in [2.45, 2.75) is 6.42 Å². The number of hydrogen-bond acceptors (Lipinski definition) is 4. The van der Waals surface area contributed by atoms with Crippen molar-refractivity contribution in [1.82, 2.24) is 10.2 Å². The highest BCUT2D eigenvalue weighted by Gasteiger charge is 2.11. The summed E-state index contributed by atoms with van der Waals surface area (Å²) in [6, 6.07) is 0. The molecule has 0 bridgehead atoms. The van der Waals surface area contributed by atoms with Crippen LogP contribution in [0.1, 0.15) is 6.42 Å². The molecule has 0 atom stereocenters. The van der Waals surface area contributed by atoms with Gasteiger partial charge >= 0.3 is 0 Å². The van der Waals surface area contributed by atoms with Crippen LogP contribution in [0.2, 0.25) is 0 Å². The van der Waals surface area contributed by atoms with Gasteiger partial charge in [0, 0.05) is 40.3 Å². The van der Waals surface area contributed by atoms with Crippen LogP contribution in [0.5, 0.6) is 0 Å². The molecule has 1 N–H and O–H groups in total. The molecule has 0 fully saturated rings. The van der Waals surface area contributed by atoms with Gasteiger partial charge in [0.2, 0.25) is 5.91 Å². The SMILES string of the molecule is CNCCC(=O)N(CCOC)CCOC.Cl. The zero-order valence-corrected chi connectivity index (χ0v) is 11.1. The lowest BCUT2D eigenvalue weighted by molar-refractivity contribution is -0.132. The summed E-state index contributed by atoms with van der Waals surface area (Å²) in [6.45, 7) is 3.09. The van der Waals surface area contributed by atoms with E-state index in [1.54, 1.807) is 19.1 Å². The lowest BCUT2D eigenvalue weighted by Gasteiger charge is -2.21. The molecule has 0 aromatic carbocycles. The number of nitrogens with zero attached hydrogens (tertiary/aromatic N) is 1. The van der Waals surface area contributed by atoms with E-state index in [-0.39, 0.29) is 18.3 Å². The number of nitrogens with one attached hydrogen (secondary N) is 1. The molecule has 0 aliphatic heterocycles. The predicted molar refractivity (Wildman–Crippen MR) is 66.1 cm³/mol. The Balaban J connectivity index is 0. The second-order valence-corrected chi connectivity index (χ2v) is 3.22. The van der Waals surface area contributed by atoms with Crippen LogP contribution in [0.25, 0.3) is 0 Å². The summed E-state index contributed by atoms with van der Waals surface area (Å²) in [5, 5.41) is 2.96. The van der Waals surface area contributed by atoms with Crippen molar-refractivity contribution in [3.05, 3.63) is 0 Å². The Morgan fingerprint density at radius 2 is 1.69 bits per heavy atom. The zero-order chi connectivity index (χ0) is 11.5. The van der Waals surface area contributed by atoms with Crippen molar-refractivity contribution in [3.8, 4) is 0 Å². The second-order valence-electron chi connectivity index (χ2n) is 3.22. The van der Waals surface area contributed by atoms with Gasteiger partial charge in [0.1, 0.15) is 0 Å². The third-order valence-corrected chi connectivity index (χ3v) is 2.07. The van der Waals surface area contributed by atoms with Gasteiger partial charge in [0.05, 0.1) is 13.2 Å². The molecule has 0 saturated carbocycles. The lowest BCUT2D eigenvalue weighted by atomic mass is 10.3. The van der Waals surface area contributed by atoms with E-state index in [2.05, 4.69) is 5.32 Å². The van der Waals surface area contributed by atoms with Crippen molar-refractivity contribution in [2.24, 2.45) is 0 Å². The van der Waals surface area contributed by atoms with Gasteiger partial charge in [-0.3, -0.25) is 4.79 Å². The number of rotatable bonds is 9. The molecule has 98 valence electrons. The third kappa shape index (κ3) is 8.91. The van der Waals surface area contributed by atoms with Gasteiger partial charge in [-0.25, -0.2) is 0 Å². The van der Waals surface area contributed by atoms with Crippen LogP contribution < -0.4 is 5.32 Å². The molecule has 0 saturated heterocycles. The molecular formula is C10H23ClN2O3. The number of methoxy groups -OCH3 is 2. The molecule has 0 heterocycles. The first-order valence-corrected chi connectivity index (χ1v) is 5.16. The first-order valence-electron chi connectivity index (χ1n) is 5.16. The van der Waals surface area contributed by atoms with Crippen LogP contribution in [0.3, 0.4) is 0 Å². The molecule has 6 heteroatoms. The summed E-state index contributed by atoms with van der Waals surface area (Å²) in [7, 11) is 5.10. The van der Waals surface area contributed by atoms with Gasteiger partial charge in [0.25, 0.3) is 0 Å². The van der Waals surface area contributed by atoms with E-state index < -0.39 is 0 Å². The first kappa shape index (κ1) is 18.0. The summed E-state index contributed by atoms with van der Waals surface area (Å²) in [5.74, 6) is 0.137. The van der Waals surface area contributed by atoms with Crippen LogP contribution in [-0.2, 0) is 14.3 Å². The van der Waals surface area contributed by atoms with E-state index in [0.717, 1.165) is 0 Å². The highest BCUT2D eigenvalue weighted by atomic mass is 35.5. The maximum Gasteiger partial charge on any atom is 0.224 e. The fourth-order valence-corrected chi connectivity index (χ4v) is 1.15. The number of halogens is 1. The number of hydrogen-bond donors (Lipinski definition) is 1. The minimum atomic E-state index is 0. The van der Waals surface area contributed by atoms with Gasteiger partial charge in [-0.2, -0.15) is 0 Å². The normalized spacial score (nSPS) is 9.69. The van der Waals surface area contributed by atoms with Crippen molar-refractivity contribution in [2.75, 3.05) is 54.1 Å². The van der Waals surface area contributed by atoms with Crippen LogP contribution in [-0.4, -0.2) is 64.9 Å². The minimum absolute atomic E-state index is 0. The van der Waals surface area contributed by atoms with E-state index in [9.17, 15) is 4.79 Å². The van der Waals surface area contributed by atoms with Crippen molar-refractivity contribution in [3.63, 3.8) is 0 Å². The van der Waals surface area contributed by atoms with Crippen LogP contribution in [0, 0.1) is 0 Å². The average Bonchev–Trinajstić information content (AvgIpc) is 2.26. The number of ether oxygens (including phenoxy) is 2. The Hall–Kier alpha value is -0.360. The molecule has 0 radical (unpaired) electrons. The smallest absolute Gasteiger partial charge is 0.224 e. The van der Waals surface area contributed by atoms with Gasteiger partial charge < -0.3 is 19.7 Å². The zero-order valence-electron chi connectivity index (χ0n) is 10.3. The third-order valence-electron chi connectivity index (χ3n) is 2.07. The van der Waals surface area contributed by atoms with E-state index in [0.29, 0.717) is 39.3 Å². The van der Waals surface area contributed by atoms with Gasteiger partial charge in [-0.05, 0) is 7.05 Å². The molecule has 0 spiro atoms. The highest BCUT2D eigenvalue weighted by Crippen LogP contribution is 1.94. The minimum Gasteiger partial charge on any atom is -0.383 e. The van der Waals surface area contributed by atoms with E-state index >= 15 is 0 Å². The molecule has 0 unspecified atom stereocenters. The molecule has 0 aliphatic carbocycles.